The van der Waals surface area contributed by atoms with Gasteiger partial charge in [0.15, 0.2) is 29.0 Å². The normalized spacial score (nSPS) is 15.4. The van der Waals surface area contributed by atoms with Crippen LogP contribution in [0.5, 0.6) is 11.5 Å². The minimum absolute atomic E-state index is 0.146. The van der Waals surface area contributed by atoms with Crippen LogP contribution in [0.1, 0.15) is 58.4 Å². The highest BCUT2D eigenvalue weighted by Crippen LogP contribution is 2.31. The Balaban J connectivity index is 1.57. The molecule has 0 spiro atoms. The van der Waals surface area contributed by atoms with Gasteiger partial charge in [-0.25, -0.2) is 13.5 Å². The van der Waals surface area contributed by atoms with E-state index in [4.69, 9.17) is 4.74 Å². The van der Waals surface area contributed by atoms with Crippen LogP contribution in [0.4, 0.5) is 14.6 Å². The minimum atomic E-state index is -0.983. The molecular weight excluding hydrogens is 484 g/mol. The molecule has 11 heteroatoms. The molecule has 1 saturated carbocycles. The van der Waals surface area contributed by atoms with Gasteiger partial charge in [-0.1, -0.05) is 38.2 Å². The maximum Gasteiger partial charge on any atom is 0.271 e. The van der Waals surface area contributed by atoms with Crippen LogP contribution in [0.3, 0.4) is 0 Å². The number of nitrogens with one attached hydrogen (secondary N) is 1. The van der Waals surface area contributed by atoms with Crippen LogP contribution < -0.4 is 15.6 Å². The van der Waals surface area contributed by atoms with Gasteiger partial charge in [-0.3, -0.25) is 14.3 Å². The van der Waals surface area contributed by atoms with Gasteiger partial charge < -0.3 is 15.2 Å². The number of amides is 1. The van der Waals surface area contributed by atoms with E-state index in [2.05, 4.69) is 15.5 Å². The molecule has 0 aliphatic heterocycles. The third kappa shape index (κ3) is 7.00. The van der Waals surface area contributed by atoms with Gasteiger partial charge >= 0.3 is 0 Å². The molecule has 3 aromatic rings. The first-order valence-corrected chi connectivity index (χ1v) is 12.4. The lowest BCUT2D eigenvalue weighted by molar-refractivity contribution is -0.120. The zero-order chi connectivity index (χ0) is 26.6. The molecule has 1 aliphatic rings. The molecule has 1 aromatic carbocycles. The molecule has 0 bridgehead atoms. The fourth-order valence-electron chi connectivity index (χ4n) is 4.57. The first kappa shape index (κ1) is 26.5. The van der Waals surface area contributed by atoms with Crippen molar-refractivity contribution in [3.8, 4) is 11.5 Å². The molecule has 1 atom stereocenters. The molecule has 9 nitrogen and oxygen atoms in total. The summed E-state index contributed by atoms with van der Waals surface area (Å²) in [6, 6.07) is 5.03. The van der Waals surface area contributed by atoms with Crippen molar-refractivity contribution in [2.24, 2.45) is 5.92 Å². The largest absolute Gasteiger partial charge is 0.449 e. The topological polar surface area (TPSA) is 111 Å². The molecule has 1 amide bonds. The van der Waals surface area contributed by atoms with E-state index in [1.165, 1.54) is 10.7 Å². The lowest BCUT2D eigenvalue weighted by atomic mass is 9.84. The third-order valence-corrected chi connectivity index (χ3v) is 6.26. The number of rotatable bonds is 9. The average molecular weight is 516 g/mol. The number of benzene rings is 1. The molecule has 1 unspecified atom stereocenters. The Bertz CT molecular complexity index is 1270. The van der Waals surface area contributed by atoms with Crippen LogP contribution >= 0.6 is 0 Å². The number of hydrogen-bond donors (Lipinski definition) is 2. The first-order chi connectivity index (χ1) is 17.6. The lowest BCUT2D eigenvalue weighted by Gasteiger charge is -2.26. The number of aromatic nitrogens is 4. The minimum Gasteiger partial charge on any atom is -0.449 e. The van der Waals surface area contributed by atoms with Crippen molar-refractivity contribution in [2.75, 3.05) is 5.32 Å². The van der Waals surface area contributed by atoms with Gasteiger partial charge in [0.1, 0.15) is 6.04 Å². The molecule has 0 saturated heterocycles. The molecule has 0 radical (unpaired) electrons. The average Bonchev–Trinajstić information content (AvgIpc) is 3.26. The highest BCUT2D eigenvalue weighted by molar-refractivity contribution is 5.92. The molecule has 2 aromatic heterocycles. The van der Waals surface area contributed by atoms with Gasteiger partial charge in [-0.15, -0.1) is 0 Å². The van der Waals surface area contributed by atoms with Gasteiger partial charge in [0.05, 0.1) is 18.3 Å². The molecule has 4 rings (SSSR count). The number of halogens is 2. The van der Waals surface area contributed by atoms with Crippen molar-refractivity contribution in [3.05, 3.63) is 64.7 Å². The quantitative estimate of drug-likeness (QED) is 0.436. The fourth-order valence-corrected chi connectivity index (χ4v) is 4.57. The summed E-state index contributed by atoms with van der Waals surface area (Å²) in [5, 5.41) is 21.2. The van der Waals surface area contributed by atoms with E-state index in [1.54, 1.807) is 26.1 Å². The number of para-hydroxylation sites is 1. The predicted octanol–water partition coefficient (Wildman–Crippen LogP) is 4.43. The molecule has 1 aliphatic carbocycles. The summed E-state index contributed by atoms with van der Waals surface area (Å²) in [4.78, 5) is 26.4. The smallest absolute Gasteiger partial charge is 0.271 e. The Morgan fingerprint density at radius 2 is 1.92 bits per heavy atom. The van der Waals surface area contributed by atoms with Crippen LogP contribution in [0.15, 0.2) is 47.5 Å². The summed E-state index contributed by atoms with van der Waals surface area (Å²) in [6.07, 6.45) is 8.37. The summed E-state index contributed by atoms with van der Waals surface area (Å²) in [7, 11) is 0. The Hall–Kier alpha value is -3.60. The Labute approximate surface area is 213 Å². The number of ether oxygens (including phenoxy) is 1. The number of carbonyl (C=O) groups excluding carboxylic acids is 1. The van der Waals surface area contributed by atoms with Crippen molar-refractivity contribution in [1.82, 2.24) is 19.6 Å². The van der Waals surface area contributed by atoms with E-state index >= 15 is 0 Å². The number of anilines is 1. The van der Waals surface area contributed by atoms with Crippen molar-refractivity contribution < 1.29 is 23.4 Å². The summed E-state index contributed by atoms with van der Waals surface area (Å²) in [5.41, 5.74) is -1.62. The molecule has 2 heterocycles. The van der Waals surface area contributed by atoms with Crippen molar-refractivity contribution >= 4 is 11.7 Å². The summed E-state index contributed by atoms with van der Waals surface area (Å²) >= 11 is 0. The maximum atomic E-state index is 14.0. The second kappa shape index (κ2) is 11.2. The zero-order valence-corrected chi connectivity index (χ0v) is 20.9. The van der Waals surface area contributed by atoms with Crippen LogP contribution in [0.25, 0.3) is 0 Å². The van der Waals surface area contributed by atoms with Gasteiger partial charge in [0.25, 0.3) is 11.5 Å². The maximum absolute atomic E-state index is 14.0. The molecule has 2 N–H and O–H groups in total. The number of carbonyl (C=O) groups is 1. The summed E-state index contributed by atoms with van der Waals surface area (Å²) < 4.78 is 35.8. The second-order valence-electron chi connectivity index (χ2n) is 10.1. The van der Waals surface area contributed by atoms with Crippen LogP contribution in [-0.4, -0.2) is 36.2 Å². The predicted molar refractivity (Wildman–Crippen MR) is 132 cm³/mol. The zero-order valence-electron chi connectivity index (χ0n) is 20.9. The van der Waals surface area contributed by atoms with Gasteiger partial charge in [0.2, 0.25) is 0 Å². The SMILES string of the molecule is CC(C)(O)Cn1ccc(NC(=O)C(CC2CCCCC2)n2ncc(Oc3c(F)cccc3F)cc2=O)n1. The highest BCUT2D eigenvalue weighted by Gasteiger charge is 2.28. The Morgan fingerprint density at radius 3 is 2.57 bits per heavy atom. The number of hydrogen-bond acceptors (Lipinski definition) is 6. The monoisotopic (exact) mass is 515 g/mol. The third-order valence-electron chi connectivity index (χ3n) is 6.26. The van der Waals surface area contributed by atoms with E-state index in [9.17, 15) is 23.5 Å². The van der Waals surface area contributed by atoms with Crippen molar-refractivity contribution in [1.29, 1.82) is 0 Å². The number of nitrogens with zero attached hydrogens (tertiary/aromatic N) is 4. The van der Waals surface area contributed by atoms with Crippen LogP contribution in [0, 0.1) is 17.6 Å². The second-order valence-corrected chi connectivity index (χ2v) is 10.1. The fraction of sp³-hybridized carbons (Fsp3) is 0.462. The van der Waals surface area contributed by atoms with Crippen LogP contribution in [0.2, 0.25) is 0 Å². The highest BCUT2D eigenvalue weighted by atomic mass is 19.1. The lowest BCUT2D eigenvalue weighted by Crippen LogP contribution is -2.36. The van der Waals surface area contributed by atoms with E-state index < -0.39 is 40.5 Å². The molecule has 37 heavy (non-hydrogen) atoms. The Kier molecular flexibility index (Phi) is 8.01. The van der Waals surface area contributed by atoms with E-state index in [1.807, 2.05) is 0 Å². The van der Waals surface area contributed by atoms with Gasteiger partial charge in [-0.2, -0.15) is 10.2 Å². The number of aliphatic hydroxyl groups is 1. The standard InChI is InChI=1S/C26H31F2N5O4/c1-26(2,36)16-32-12-11-22(31-32)30-25(35)21(13-17-7-4-3-5-8-17)33-23(34)14-18(15-29-33)37-24-19(27)9-6-10-20(24)28/h6,9-12,14-15,17,21,36H,3-5,7-8,13,16H2,1-2H3,(H,30,31,35). The van der Waals surface area contributed by atoms with Crippen molar-refractivity contribution in [3.63, 3.8) is 0 Å². The van der Waals surface area contributed by atoms with Gasteiger partial charge in [-0.05, 0) is 38.3 Å². The summed E-state index contributed by atoms with van der Waals surface area (Å²) in [5.74, 6) is -2.54. The first-order valence-electron chi connectivity index (χ1n) is 12.4. The van der Waals surface area contributed by atoms with Crippen molar-refractivity contribution in [2.45, 2.75) is 70.6 Å². The van der Waals surface area contributed by atoms with E-state index in [0.717, 1.165) is 61.2 Å². The van der Waals surface area contributed by atoms with Gasteiger partial charge in [0, 0.05) is 18.3 Å². The van der Waals surface area contributed by atoms with E-state index in [-0.39, 0.29) is 24.0 Å². The molecular formula is C26H31F2N5O4. The Morgan fingerprint density at radius 1 is 1.22 bits per heavy atom. The molecule has 1 fully saturated rings. The van der Waals surface area contributed by atoms with E-state index in [0.29, 0.717) is 6.42 Å². The van der Waals surface area contributed by atoms with Crippen LogP contribution in [-0.2, 0) is 11.3 Å². The summed E-state index contributed by atoms with van der Waals surface area (Å²) in [6.45, 7) is 3.54. The molecule has 198 valence electrons.